The standard InChI is InChI=1S/C30H33N7O3S/c1-41(39,40)27-26(20-14-21-10-11-22(15-20)36(21)30(38)25-8-5-13-32-25)35-29-23(17-34-37(29)28(27)31)19-9-12-24(33-16-19)18-6-3-2-4-7-18/h2-4,6-7,9,12,16-17,20-22,25,32H,5,8,10-11,13-15,31H2,1H3/t20?,21?,22?,25-/m1/s1. The predicted molar refractivity (Wildman–Crippen MR) is 156 cm³/mol. The molecule has 212 valence electrons. The average Bonchev–Trinajstić information content (AvgIpc) is 3.71. The minimum Gasteiger partial charge on any atom is -0.382 e. The molecule has 2 unspecified atom stereocenters. The Morgan fingerprint density at radius 2 is 1.76 bits per heavy atom. The quantitative estimate of drug-likeness (QED) is 0.372. The highest BCUT2D eigenvalue weighted by atomic mass is 32.2. The van der Waals surface area contributed by atoms with Crippen LogP contribution in [0.4, 0.5) is 5.82 Å². The van der Waals surface area contributed by atoms with Crippen molar-refractivity contribution in [2.45, 2.75) is 67.5 Å². The van der Waals surface area contributed by atoms with Crippen molar-refractivity contribution >= 4 is 27.2 Å². The van der Waals surface area contributed by atoms with E-state index in [2.05, 4.69) is 20.3 Å². The molecule has 6 heterocycles. The van der Waals surface area contributed by atoms with Gasteiger partial charge in [-0.1, -0.05) is 36.4 Å². The first-order chi connectivity index (χ1) is 19.8. The van der Waals surface area contributed by atoms with E-state index in [0.717, 1.165) is 54.6 Å². The molecule has 2 bridgehead atoms. The lowest BCUT2D eigenvalue weighted by Gasteiger charge is -2.40. The number of fused-ring (bicyclic) bond motifs is 3. The largest absolute Gasteiger partial charge is 0.382 e. The number of piperidine rings is 1. The van der Waals surface area contributed by atoms with Crippen LogP contribution in [0.5, 0.6) is 0 Å². The summed E-state index contributed by atoms with van der Waals surface area (Å²) in [5, 5.41) is 7.77. The molecular weight excluding hydrogens is 538 g/mol. The van der Waals surface area contributed by atoms with E-state index < -0.39 is 9.84 Å². The number of sulfone groups is 1. The van der Waals surface area contributed by atoms with E-state index in [4.69, 9.17) is 10.7 Å². The highest BCUT2D eigenvalue weighted by molar-refractivity contribution is 7.91. The van der Waals surface area contributed by atoms with Crippen molar-refractivity contribution in [3.63, 3.8) is 0 Å². The fraction of sp³-hybridized carbons (Fsp3) is 0.400. The maximum absolute atomic E-state index is 13.4. The van der Waals surface area contributed by atoms with Crippen LogP contribution in [-0.2, 0) is 14.6 Å². The molecule has 1 aromatic carbocycles. The fourth-order valence-electron chi connectivity index (χ4n) is 7.05. The molecule has 11 heteroatoms. The average molecular weight is 572 g/mol. The molecule has 10 nitrogen and oxygen atoms in total. The number of benzene rings is 1. The number of nitrogen functional groups attached to an aromatic ring is 1. The van der Waals surface area contributed by atoms with Crippen LogP contribution < -0.4 is 11.1 Å². The van der Waals surface area contributed by atoms with Gasteiger partial charge in [0.05, 0.1) is 23.6 Å². The Bertz CT molecular complexity index is 1720. The van der Waals surface area contributed by atoms with Gasteiger partial charge in [-0.05, 0) is 51.1 Å². The molecule has 3 aliphatic heterocycles. The smallest absolute Gasteiger partial charge is 0.240 e. The first-order valence-corrected chi connectivity index (χ1v) is 16.1. The number of carbonyl (C=O) groups excluding carboxylic acids is 1. The summed E-state index contributed by atoms with van der Waals surface area (Å²) in [6.07, 6.45) is 9.67. The molecule has 0 saturated carbocycles. The number of hydrogen-bond acceptors (Lipinski definition) is 8. The van der Waals surface area contributed by atoms with Crippen molar-refractivity contribution in [2.75, 3.05) is 18.5 Å². The lowest BCUT2D eigenvalue weighted by atomic mass is 9.87. The minimum atomic E-state index is -3.71. The molecule has 7 rings (SSSR count). The molecule has 1 amide bonds. The van der Waals surface area contributed by atoms with Crippen LogP contribution in [-0.4, -0.2) is 69.7 Å². The van der Waals surface area contributed by atoms with E-state index in [-0.39, 0.29) is 40.7 Å². The predicted octanol–water partition coefficient (Wildman–Crippen LogP) is 3.43. The van der Waals surface area contributed by atoms with Gasteiger partial charge in [-0.25, -0.2) is 13.4 Å². The van der Waals surface area contributed by atoms with Crippen molar-refractivity contribution in [3.05, 3.63) is 60.6 Å². The molecule has 3 N–H and O–H groups in total. The van der Waals surface area contributed by atoms with E-state index in [0.29, 0.717) is 24.2 Å². The summed E-state index contributed by atoms with van der Waals surface area (Å²) in [5.41, 5.74) is 10.9. The number of hydrogen-bond donors (Lipinski definition) is 2. The molecule has 0 aliphatic carbocycles. The molecule has 3 aromatic heterocycles. The van der Waals surface area contributed by atoms with Crippen LogP contribution in [0.1, 0.15) is 50.1 Å². The van der Waals surface area contributed by atoms with Gasteiger partial charge in [0.25, 0.3) is 0 Å². The van der Waals surface area contributed by atoms with Crippen LogP contribution in [0.3, 0.4) is 0 Å². The Labute approximate surface area is 238 Å². The number of pyridine rings is 1. The van der Waals surface area contributed by atoms with Gasteiger partial charge < -0.3 is 16.0 Å². The molecule has 0 radical (unpaired) electrons. The highest BCUT2D eigenvalue weighted by Crippen LogP contribution is 2.45. The number of aromatic nitrogens is 4. The first-order valence-electron chi connectivity index (χ1n) is 14.2. The number of nitrogens with one attached hydrogen (secondary N) is 1. The zero-order valence-electron chi connectivity index (χ0n) is 22.9. The SMILES string of the molecule is CS(=O)(=O)c1c(C2CC3CCC(C2)N3C(=O)[C@H]2CCCN2)nc2c(-c3ccc(-c4ccccc4)nc3)cnn2c1N. The van der Waals surface area contributed by atoms with Crippen molar-refractivity contribution in [3.8, 4) is 22.4 Å². The third kappa shape index (κ3) is 4.47. The third-order valence-electron chi connectivity index (χ3n) is 8.91. The molecule has 4 aromatic rings. The van der Waals surface area contributed by atoms with Crippen molar-refractivity contribution in [1.29, 1.82) is 0 Å². The van der Waals surface area contributed by atoms with Gasteiger partial charge in [0.15, 0.2) is 15.5 Å². The van der Waals surface area contributed by atoms with E-state index in [1.807, 2.05) is 42.5 Å². The van der Waals surface area contributed by atoms with Gasteiger partial charge in [-0.2, -0.15) is 9.61 Å². The van der Waals surface area contributed by atoms with Crippen LogP contribution in [0, 0.1) is 0 Å². The monoisotopic (exact) mass is 571 g/mol. The highest BCUT2D eigenvalue weighted by Gasteiger charge is 2.47. The maximum atomic E-state index is 13.4. The summed E-state index contributed by atoms with van der Waals surface area (Å²) >= 11 is 0. The second-order valence-corrected chi connectivity index (χ2v) is 13.5. The summed E-state index contributed by atoms with van der Waals surface area (Å²) < 4.78 is 27.6. The van der Waals surface area contributed by atoms with Crippen molar-refractivity contribution < 1.29 is 13.2 Å². The number of carbonyl (C=O) groups is 1. The van der Waals surface area contributed by atoms with Crippen molar-refractivity contribution in [1.82, 2.24) is 29.8 Å². The van der Waals surface area contributed by atoms with Gasteiger partial charge in [0, 0.05) is 47.1 Å². The summed E-state index contributed by atoms with van der Waals surface area (Å²) in [7, 11) is -3.71. The normalized spacial score (nSPS) is 24.3. The second kappa shape index (κ2) is 9.92. The summed E-state index contributed by atoms with van der Waals surface area (Å²) in [4.78, 5) is 25.1. The lowest BCUT2D eigenvalue weighted by Crippen LogP contribution is -2.52. The fourth-order valence-corrected chi connectivity index (χ4v) is 8.11. The minimum absolute atomic E-state index is 0.0406. The van der Waals surface area contributed by atoms with Gasteiger partial charge in [-0.3, -0.25) is 9.78 Å². The van der Waals surface area contributed by atoms with Crippen LogP contribution in [0.2, 0.25) is 0 Å². The number of amides is 1. The Hall–Kier alpha value is -3.83. The molecule has 0 spiro atoms. The Kier molecular flexibility index (Phi) is 6.31. The van der Waals surface area contributed by atoms with Crippen LogP contribution in [0.15, 0.2) is 59.8 Å². The second-order valence-electron chi connectivity index (χ2n) is 11.5. The molecule has 3 aliphatic rings. The summed E-state index contributed by atoms with van der Waals surface area (Å²) in [5.74, 6) is 0.115. The van der Waals surface area contributed by atoms with E-state index >= 15 is 0 Å². The summed E-state index contributed by atoms with van der Waals surface area (Å²) in [6.45, 7) is 0.876. The number of nitrogens with two attached hydrogens (primary N) is 1. The first kappa shape index (κ1) is 26.1. The van der Waals surface area contributed by atoms with E-state index in [1.54, 1.807) is 12.4 Å². The number of nitrogens with zero attached hydrogens (tertiary/aromatic N) is 5. The number of anilines is 1. The van der Waals surface area contributed by atoms with E-state index in [1.165, 1.54) is 10.8 Å². The molecule has 3 saturated heterocycles. The molecular formula is C30H33N7O3S. The lowest BCUT2D eigenvalue weighted by molar-refractivity contribution is -0.137. The topological polar surface area (TPSA) is 136 Å². The maximum Gasteiger partial charge on any atom is 0.240 e. The zero-order valence-corrected chi connectivity index (χ0v) is 23.7. The molecule has 3 atom stereocenters. The molecule has 3 fully saturated rings. The van der Waals surface area contributed by atoms with Gasteiger partial charge in [-0.15, -0.1) is 0 Å². The van der Waals surface area contributed by atoms with Crippen LogP contribution >= 0.6 is 0 Å². The van der Waals surface area contributed by atoms with Crippen molar-refractivity contribution in [2.24, 2.45) is 0 Å². The molecule has 41 heavy (non-hydrogen) atoms. The van der Waals surface area contributed by atoms with Gasteiger partial charge in [0.1, 0.15) is 10.7 Å². The zero-order chi connectivity index (χ0) is 28.3. The van der Waals surface area contributed by atoms with Gasteiger partial charge >= 0.3 is 0 Å². The van der Waals surface area contributed by atoms with Crippen LogP contribution in [0.25, 0.3) is 28.0 Å². The number of rotatable bonds is 5. The Morgan fingerprint density at radius 3 is 2.39 bits per heavy atom. The van der Waals surface area contributed by atoms with Gasteiger partial charge in [0.2, 0.25) is 5.91 Å². The Balaban J connectivity index is 1.27. The third-order valence-corrected chi connectivity index (χ3v) is 10.1. The summed E-state index contributed by atoms with van der Waals surface area (Å²) in [6, 6.07) is 13.9. The Morgan fingerprint density at radius 1 is 1.00 bits per heavy atom. The van der Waals surface area contributed by atoms with E-state index in [9.17, 15) is 13.2 Å².